The van der Waals surface area contributed by atoms with Crippen LogP contribution in [0, 0.1) is 11.6 Å². The van der Waals surface area contributed by atoms with E-state index < -0.39 is 34.8 Å². The first kappa shape index (κ1) is 21.4. The van der Waals surface area contributed by atoms with Gasteiger partial charge in [-0.2, -0.15) is 5.10 Å². The molecule has 0 aliphatic carbocycles. The Balaban J connectivity index is 1.99. The Morgan fingerprint density at radius 1 is 1.17 bits per heavy atom. The third-order valence-corrected chi connectivity index (χ3v) is 4.58. The second kappa shape index (κ2) is 8.19. The quantitative estimate of drug-likeness (QED) is 0.632. The standard InChI is InChI=1S/C19H19F2N5O3S/c1-19(2,3)29-18(28)25-17-14(15(27)23-10-8-22-26(4)9-10)24-16(30-17)13-11(20)6-5-7-12(13)21/h5-9H,1-4H3,(H,23,27)(H,25,28). The highest BCUT2D eigenvalue weighted by atomic mass is 32.1. The van der Waals surface area contributed by atoms with Crippen LogP contribution in [0.25, 0.3) is 10.6 Å². The van der Waals surface area contributed by atoms with Gasteiger partial charge in [0.1, 0.15) is 27.2 Å². The van der Waals surface area contributed by atoms with Gasteiger partial charge in [0, 0.05) is 13.2 Å². The van der Waals surface area contributed by atoms with Gasteiger partial charge in [-0.05, 0) is 32.9 Å². The van der Waals surface area contributed by atoms with Crippen molar-refractivity contribution in [3.63, 3.8) is 0 Å². The number of carbonyl (C=O) groups excluding carboxylic acids is 2. The molecule has 0 aliphatic rings. The van der Waals surface area contributed by atoms with Crippen LogP contribution in [0.15, 0.2) is 30.6 Å². The van der Waals surface area contributed by atoms with Crippen LogP contribution in [-0.2, 0) is 11.8 Å². The lowest BCUT2D eigenvalue weighted by Crippen LogP contribution is -2.27. The SMILES string of the molecule is Cn1cc(NC(=O)c2nc(-c3c(F)cccc3F)sc2NC(=O)OC(C)(C)C)cn1. The number of nitrogens with one attached hydrogen (secondary N) is 2. The van der Waals surface area contributed by atoms with E-state index in [2.05, 4.69) is 20.7 Å². The maximum Gasteiger partial charge on any atom is 0.412 e. The Morgan fingerprint density at radius 2 is 1.83 bits per heavy atom. The van der Waals surface area contributed by atoms with Crippen LogP contribution in [0.1, 0.15) is 31.3 Å². The van der Waals surface area contributed by atoms with Crippen molar-refractivity contribution in [2.24, 2.45) is 7.05 Å². The number of rotatable bonds is 4. The van der Waals surface area contributed by atoms with Crippen molar-refractivity contribution in [3.8, 4) is 10.6 Å². The van der Waals surface area contributed by atoms with E-state index in [-0.39, 0.29) is 15.7 Å². The highest BCUT2D eigenvalue weighted by Gasteiger charge is 2.26. The zero-order chi connectivity index (χ0) is 22.1. The minimum atomic E-state index is -0.841. The molecular weight excluding hydrogens is 416 g/mol. The highest BCUT2D eigenvalue weighted by Crippen LogP contribution is 2.35. The zero-order valence-corrected chi connectivity index (χ0v) is 17.4. The molecule has 30 heavy (non-hydrogen) atoms. The van der Waals surface area contributed by atoms with Crippen molar-refractivity contribution in [3.05, 3.63) is 47.9 Å². The normalized spacial score (nSPS) is 11.3. The molecule has 0 fully saturated rings. The van der Waals surface area contributed by atoms with E-state index in [0.717, 1.165) is 23.5 Å². The molecule has 0 spiro atoms. The van der Waals surface area contributed by atoms with Gasteiger partial charge in [-0.1, -0.05) is 17.4 Å². The number of thiazole rings is 1. The van der Waals surface area contributed by atoms with Crippen molar-refractivity contribution in [1.82, 2.24) is 14.8 Å². The summed E-state index contributed by atoms with van der Waals surface area (Å²) in [6, 6.07) is 3.38. The monoisotopic (exact) mass is 435 g/mol. The third kappa shape index (κ3) is 4.98. The molecule has 2 amide bonds. The lowest BCUT2D eigenvalue weighted by atomic mass is 10.2. The predicted molar refractivity (Wildman–Crippen MR) is 108 cm³/mol. The highest BCUT2D eigenvalue weighted by molar-refractivity contribution is 7.19. The van der Waals surface area contributed by atoms with Crippen molar-refractivity contribution >= 4 is 34.0 Å². The van der Waals surface area contributed by atoms with E-state index >= 15 is 0 Å². The summed E-state index contributed by atoms with van der Waals surface area (Å²) in [5.74, 6) is -2.37. The van der Waals surface area contributed by atoms with E-state index in [9.17, 15) is 18.4 Å². The summed E-state index contributed by atoms with van der Waals surface area (Å²) in [5.41, 5.74) is -1.01. The lowest BCUT2D eigenvalue weighted by Gasteiger charge is -2.19. The number of benzene rings is 1. The molecule has 1 aromatic carbocycles. The third-order valence-electron chi connectivity index (χ3n) is 3.60. The second-order valence-electron chi connectivity index (χ2n) is 7.28. The van der Waals surface area contributed by atoms with E-state index in [0.29, 0.717) is 5.69 Å². The molecule has 2 heterocycles. The number of anilines is 2. The summed E-state index contributed by atoms with van der Waals surface area (Å²) in [6.07, 6.45) is 2.15. The number of amides is 2. The summed E-state index contributed by atoms with van der Waals surface area (Å²) in [6.45, 7) is 5.03. The number of halogens is 2. The van der Waals surface area contributed by atoms with E-state index in [1.807, 2.05) is 0 Å². The zero-order valence-electron chi connectivity index (χ0n) is 16.6. The minimum Gasteiger partial charge on any atom is -0.444 e. The van der Waals surface area contributed by atoms with Crippen LogP contribution in [0.3, 0.4) is 0 Å². The van der Waals surface area contributed by atoms with Gasteiger partial charge in [-0.25, -0.2) is 18.6 Å². The van der Waals surface area contributed by atoms with Gasteiger partial charge >= 0.3 is 6.09 Å². The molecule has 11 heteroatoms. The Kier molecular flexibility index (Phi) is 5.83. The van der Waals surface area contributed by atoms with Gasteiger partial charge in [0.2, 0.25) is 0 Å². The number of hydrogen-bond donors (Lipinski definition) is 2. The molecule has 8 nitrogen and oxygen atoms in total. The molecule has 2 N–H and O–H groups in total. The fourth-order valence-electron chi connectivity index (χ4n) is 2.44. The average Bonchev–Trinajstić information content (AvgIpc) is 3.19. The summed E-state index contributed by atoms with van der Waals surface area (Å²) < 4.78 is 35.1. The van der Waals surface area contributed by atoms with Gasteiger partial charge < -0.3 is 10.1 Å². The summed E-state index contributed by atoms with van der Waals surface area (Å²) in [7, 11) is 1.67. The number of ether oxygens (including phenoxy) is 1. The summed E-state index contributed by atoms with van der Waals surface area (Å²) >= 11 is 0.755. The van der Waals surface area contributed by atoms with Crippen LogP contribution in [0.2, 0.25) is 0 Å². The molecule has 0 saturated carbocycles. The topological polar surface area (TPSA) is 98.1 Å². The van der Waals surface area contributed by atoms with Gasteiger partial charge in [0.05, 0.1) is 17.4 Å². The molecule has 0 aliphatic heterocycles. The Labute approximate surface area is 174 Å². The smallest absolute Gasteiger partial charge is 0.412 e. The molecule has 0 bridgehead atoms. The lowest BCUT2D eigenvalue weighted by molar-refractivity contribution is 0.0636. The average molecular weight is 435 g/mol. The molecule has 3 rings (SSSR count). The van der Waals surface area contributed by atoms with Crippen LogP contribution in [0.5, 0.6) is 0 Å². The van der Waals surface area contributed by atoms with Crippen molar-refractivity contribution in [2.45, 2.75) is 26.4 Å². The molecule has 0 radical (unpaired) electrons. The Hall–Kier alpha value is -3.34. The Bertz CT molecular complexity index is 1080. The van der Waals surface area contributed by atoms with E-state index in [4.69, 9.17) is 4.74 Å². The largest absolute Gasteiger partial charge is 0.444 e. The molecule has 3 aromatic rings. The number of carbonyl (C=O) groups is 2. The van der Waals surface area contributed by atoms with E-state index in [1.54, 1.807) is 34.0 Å². The summed E-state index contributed by atoms with van der Waals surface area (Å²) in [4.78, 5) is 29.0. The van der Waals surface area contributed by atoms with Crippen LogP contribution < -0.4 is 10.6 Å². The first-order valence-corrected chi connectivity index (χ1v) is 9.60. The Morgan fingerprint density at radius 3 is 2.40 bits per heavy atom. The van der Waals surface area contributed by atoms with E-state index in [1.165, 1.54) is 16.9 Å². The molecule has 158 valence electrons. The molecule has 0 saturated heterocycles. The van der Waals surface area contributed by atoms with Crippen LogP contribution in [-0.4, -0.2) is 32.4 Å². The van der Waals surface area contributed by atoms with Gasteiger partial charge in [-0.15, -0.1) is 0 Å². The van der Waals surface area contributed by atoms with Gasteiger partial charge in [0.15, 0.2) is 5.69 Å². The first-order chi connectivity index (χ1) is 14.0. The predicted octanol–water partition coefficient (Wildman–Crippen LogP) is 4.42. The second-order valence-corrected chi connectivity index (χ2v) is 8.28. The molecular formula is C19H19F2N5O3S. The molecule has 0 atom stereocenters. The number of nitrogens with zero attached hydrogens (tertiary/aromatic N) is 3. The van der Waals surface area contributed by atoms with Gasteiger partial charge in [-0.3, -0.25) is 14.8 Å². The fraction of sp³-hybridized carbons (Fsp3) is 0.263. The van der Waals surface area contributed by atoms with Crippen molar-refractivity contribution < 1.29 is 23.1 Å². The number of aromatic nitrogens is 3. The number of hydrogen-bond acceptors (Lipinski definition) is 6. The van der Waals surface area contributed by atoms with Crippen LogP contribution >= 0.6 is 11.3 Å². The maximum atomic E-state index is 14.2. The number of aryl methyl sites for hydroxylation is 1. The van der Waals surface area contributed by atoms with Crippen molar-refractivity contribution in [2.75, 3.05) is 10.6 Å². The van der Waals surface area contributed by atoms with Crippen molar-refractivity contribution in [1.29, 1.82) is 0 Å². The minimum absolute atomic E-state index is 0.0108. The maximum absolute atomic E-state index is 14.2. The van der Waals surface area contributed by atoms with Gasteiger partial charge in [0.25, 0.3) is 5.91 Å². The summed E-state index contributed by atoms with van der Waals surface area (Å²) in [5, 5.41) is 8.84. The fourth-order valence-corrected chi connectivity index (χ4v) is 3.44. The molecule has 2 aromatic heterocycles. The van der Waals surface area contributed by atoms with Crippen LogP contribution in [0.4, 0.5) is 24.3 Å². The molecule has 0 unspecified atom stereocenters. The first-order valence-electron chi connectivity index (χ1n) is 8.78.